The van der Waals surface area contributed by atoms with Crippen molar-refractivity contribution in [2.75, 3.05) is 26.2 Å². The van der Waals surface area contributed by atoms with Gasteiger partial charge in [-0.25, -0.2) is 9.59 Å². The van der Waals surface area contributed by atoms with Gasteiger partial charge < -0.3 is 34.2 Å². The fourth-order valence-electron chi connectivity index (χ4n) is 13.4. The van der Waals surface area contributed by atoms with E-state index in [9.17, 15) is 19.8 Å². The molecule has 3 heterocycles. The van der Waals surface area contributed by atoms with Gasteiger partial charge in [0.25, 0.3) is 0 Å². The summed E-state index contributed by atoms with van der Waals surface area (Å²) in [7, 11) is 0. The Bertz CT molecular complexity index is 1250. The zero-order chi connectivity index (χ0) is 32.6. The largest absolute Gasteiger partial charge is 0.446 e. The molecule has 9 nitrogen and oxygen atoms in total. The van der Waals surface area contributed by atoms with Gasteiger partial charge >= 0.3 is 12.2 Å². The lowest BCUT2D eigenvalue weighted by molar-refractivity contribution is -0.180. The summed E-state index contributed by atoms with van der Waals surface area (Å²) in [6.45, 7) is 16.0. The number of nitrogens with zero attached hydrogens (tertiary/aromatic N) is 2. The van der Waals surface area contributed by atoms with Crippen LogP contribution in [0.4, 0.5) is 9.59 Å². The molecule has 0 aromatic carbocycles. The van der Waals surface area contributed by atoms with Crippen LogP contribution in [0, 0.1) is 57.2 Å². The third-order valence-corrected chi connectivity index (χ3v) is 15.6. The number of fused-ring (bicyclic) bond motifs is 4. The van der Waals surface area contributed by atoms with Gasteiger partial charge in [0.1, 0.15) is 12.2 Å². The number of ether oxygens (including phenoxy) is 3. The number of aliphatic hydroxyl groups is 2. The second kappa shape index (κ2) is 10.5. The standard InChI is InChI=1S/C37H58N2O7/c1-20(2)30(46-32(42)38-14-7-15-38)24-16-21(3)27-31(44-24)29(41)28-23-8-9-25-34(4,5)26(45-33(43)39-17-22(40)18-39)10-11-37(25)19-36(23,37)13-12-35(27,28)6/h20-31,40-41H,7-19H2,1-6H3/t21-,23?,24?,25?,26+,27?,28?,29-,30-,31?,35?,36?,37?/m1/s1. The highest BCUT2D eigenvalue weighted by molar-refractivity contribution is 5.69. The van der Waals surface area contributed by atoms with Gasteiger partial charge in [0.2, 0.25) is 0 Å². The first-order valence-corrected chi connectivity index (χ1v) is 18.7. The third kappa shape index (κ3) is 4.21. The molecule has 8 rings (SSSR count). The molecule has 9 unspecified atom stereocenters. The highest BCUT2D eigenvalue weighted by Crippen LogP contribution is 2.87. The minimum absolute atomic E-state index is 0.0344. The monoisotopic (exact) mass is 642 g/mol. The van der Waals surface area contributed by atoms with Crippen molar-refractivity contribution >= 4 is 12.2 Å². The van der Waals surface area contributed by atoms with Gasteiger partial charge in [0, 0.05) is 18.5 Å². The number of aliphatic hydroxyl groups excluding tert-OH is 2. The lowest BCUT2D eigenvalue weighted by Gasteiger charge is -2.60. The van der Waals surface area contributed by atoms with Gasteiger partial charge in [-0.3, -0.25) is 0 Å². The van der Waals surface area contributed by atoms with Gasteiger partial charge in [-0.05, 0) is 110 Å². The molecule has 5 saturated carbocycles. The van der Waals surface area contributed by atoms with Crippen LogP contribution in [0.2, 0.25) is 0 Å². The summed E-state index contributed by atoms with van der Waals surface area (Å²) < 4.78 is 19.2. The fourth-order valence-corrected chi connectivity index (χ4v) is 13.4. The molecule has 8 aliphatic rings. The van der Waals surface area contributed by atoms with E-state index in [1.54, 1.807) is 9.80 Å². The third-order valence-electron chi connectivity index (χ3n) is 15.6. The summed E-state index contributed by atoms with van der Waals surface area (Å²) in [5.74, 6) is 2.03. The number of likely N-dealkylation sites (tertiary alicyclic amines) is 2. The van der Waals surface area contributed by atoms with Crippen molar-refractivity contribution in [1.29, 1.82) is 0 Å². The van der Waals surface area contributed by atoms with Crippen LogP contribution >= 0.6 is 0 Å². The molecule has 8 fully saturated rings. The highest BCUT2D eigenvalue weighted by Gasteiger charge is 2.82. The van der Waals surface area contributed by atoms with Gasteiger partial charge in [-0.1, -0.05) is 41.5 Å². The van der Waals surface area contributed by atoms with Gasteiger partial charge in [0.05, 0.1) is 37.5 Å². The Morgan fingerprint density at radius 3 is 2.30 bits per heavy atom. The average Bonchev–Trinajstić information content (AvgIpc) is 3.55. The first-order chi connectivity index (χ1) is 21.7. The van der Waals surface area contributed by atoms with E-state index in [0.29, 0.717) is 36.8 Å². The fraction of sp³-hybridized carbons (Fsp3) is 0.946. The summed E-state index contributed by atoms with van der Waals surface area (Å²) >= 11 is 0. The van der Waals surface area contributed by atoms with Crippen molar-refractivity contribution in [2.45, 2.75) is 136 Å². The molecule has 0 radical (unpaired) electrons. The van der Waals surface area contributed by atoms with Crippen molar-refractivity contribution < 1.29 is 34.0 Å². The molecule has 5 aliphatic carbocycles. The molecule has 0 bridgehead atoms. The van der Waals surface area contributed by atoms with Crippen LogP contribution in [0.1, 0.15) is 99.3 Å². The first-order valence-electron chi connectivity index (χ1n) is 18.7. The lowest BCUT2D eigenvalue weighted by atomic mass is 9.46. The van der Waals surface area contributed by atoms with Crippen LogP contribution < -0.4 is 0 Å². The molecule has 9 heteroatoms. The van der Waals surface area contributed by atoms with Crippen LogP contribution in [0.25, 0.3) is 0 Å². The Morgan fingerprint density at radius 1 is 0.913 bits per heavy atom. The molecule has 258 valence electrons. The molecule has 2 amide bonds. The minimum Gasteiger partial charge on any atom is -0.446 e. The number of amides is 2. The number of carbonyl (C=O) groups excluding carboxylic acids is 2. The van der Waals surface area contributed by atoms with Crippen LogP contribution in [0.3, 0.4) is 0 Å². The molecular formula is C37H58N2O7. The SMILES string of the molecule is CC(C)[C@@H](OC(=O)N1CCC1)C1C[C@@H](C)C2C(O1)[C@H](O)C1C3CCC4C(C)(C)[C@@H](OC(=O)N5CC(O)C5)CCC45CC35CCC12C. The smallest absolute Gasteiger partial charge is 0.410 e. The lowest BCUT2D eigenvalue weighted by Crippen LogP contribution is -2.58. The predicted octanol–water partition coefficient (Wildman–Crippen LogP) is 5.46. The quantitative estimate of drug-likeness (QED) is 0.420. The summed E-state index contributed by atoms with van der Waals surface area (Å²) in [5, 5.41) is 22.0. The zero-order valence-electron chi connectivity index (χ0n) is 29.0. The van der Waals surface area contributed by atoms with Crippen LogP contribution in [0.15, 0.2) is 0 Å². The Labute approximate surface area is 275 Å². The summed E-state index contributed by atoms with van der Waals surface area (Å²) in [6, 6.07) is 0. The number of β-amino-alcohol motifs (C(OH)–C–C–N with tert-alkyl or cyclic N) is 1. The molecule has 3 aliphatic heterocycles. The average molecular weight is 643 g/mol. The minimum atomic E-state index is -0.507. The van der Waals surface area contributed by atoms with E-state index in [1.165, 1.54) is 12.8 Å². The molecule has 3 saturated heterocycles. The molecule has 2 spiro atoms. The van der Waals surface area contributed by atoms with E-state index >= 15 is 0 Å². The molecule has 0 aromatic rings. The maximum absolute atomic E-state index is 12.9. The first kappa shape index (κ1) is 31.7. The maximum atomic E-state index is 12.9. The number of carbonyl (C=O) groups is 2. The van der Waals surface area contributed by atoms with E-state index in [2.05, 4.69) is 41.5 Å². The topological polar surface area (TPSA) is 109 Å². The van der Waals surface area contributed by atoms with E-state index in [0.717, 1.165) is 58.0 Å². The number of rotatable bonds is 4. The summed E-state index contributed by atoms with van der Waals surface area (Å²) in [6.07, 6.45) is 7.45. The highest BCUT2D eigenvalue weighted by atomic mass is 16.6. The van der Waals surface area contributed by atoms with E-state index in [1.807, 2.05) is 0 Å². The van der Waals surface area contributed by atoms with Crippen molar-refractivity contribution in [2.24, 2.45) is 57.2 Å². The van der Waals surface area contributed by atoms with Gasteiger partial charge in [0.15, 0.2) is 0 Å². The van der Waals surface area contributed by atoms with Crippen LogP contribution in [-0.2, 0) is 14.2 Å². The van der Waals surface area contributed by atoms with Crippen molar-refractivity contribution in [3.8, 4) is 0 Å². The second-order valence-corrected chi connectivity index (χ2v) is 18.3. The van der Waals surface area contributed by atoms with Crippen molar-refractivity contribution in [1.82, 2.24) is 9.80 Å². The molecule has 2 N–H and O–H groups in total. The van der Waals surface area contributed by atoms with Gasteiger partial charge in [-0.2, -0.15) is 0 Å². The predicted molar refractivity (Wildman–Crippen MR) is 171 cm³/mol. The summed E-state index contributed by atoms with van der Waals surface area (Å²) in [4.78, 5) is 29.1. The number of hydrogen-bond donors (Lipinski definition) is 2. The Balaban J connectivity index is 1.01. The summed E-state index contributed by atoms with van der Waals surface area (Å²) in [5.41, 5.74) is 0.455. The van der Waals surface area contributed by atoms with Crippen LogP contribution in [0.5, 0.6) is 0 Å². The number of hydrogen-bond acceptors (Lipinski definition) is 7. The molecule has 46 heavy (non-hydrogen) atoms. The van der Waals surface area contributed by atoms with E-state index in [4.69, 9.17) is 14.2 Å². The molecule has 0 aromatic heterocycles. The zero-order valence-corrected chi connectivity index (χ0v) is 29.0. The van der Waals surface area contributed by atoms with E-state index in [-0.39, 0.29) is 70.1 Å². The Morgan fingerprint density at radius 2 is 1.65 bits per heavy atom. The Kier molecular flexibility index (Phi) is 7.20. The van der Waals surface area contributed by atoms with E-state index < -0.39 is 12.2 Å². The van der Waals surface area contributed by atoms with Crippen molar-refractivity contribution in [3.05, 3.63) is 0 Å². The van der Waals surface area contributed by atoms with Crippen molar-refractivity contribution in [3.63, 3.8) is 0 Å². The Hall–Kier alpha value is -1.58. The van der Waals surface area contributed by atoms with Crippen LogP contribution in [-0.4, -0.2) is 95.0 Å². The van der Waals surface area contributed by atoms with Gasteiger partial charge in [-0.15, -0.1) is 0 Å². The second-order valence-electron chi connectivity index (χ2n) is 18.3. The molecular weight excluding hydrogens is 584 g/mol. The molecule has 13 atom stereocenters. The maximum Gasteiger partial charge on any atom is 0.410 e. The normalized spacial score (nSPS) is 49.3.